The number of para-hydroxylation sites is 1. The number of nitrogens with zero attached hydrogens (tertiary/aromatic N) is 2. The fourth-order valence-corrected chi connectivity index (χ4v) is 4.92. The lowest BCUT2D eigenvalue weighted by Crippen LogP contribution is -2.31. The largest absolute Gasteiger partial charge is 0.322 e. The fraction of sp³-hybridized carbons (Fsp3) is 0.0435. The van der Waals surface area contributed by atoms with Crippen LogP contribution in [0.25, 0.3) is 0 Å². The number of anilines is 2. The van der Waals surface area contributed by atoms with Crippen LogP contribution in [-0.4, -0.2) is 20.9 Å². The molecule has 0 spiro atoms. The van der Waals surface area contributed by atoms with Crippen LogP contribution in [0.3, 0.4) is 0 Å². The number of carbonyl (C=O) groups is 1. The number of nitrogens with one attached hydrogen (secondary N) is 1. The Bertz CT molecular complexity index is 1330. The second kappa shape index (κ2) is 9.88. The first-order valence-corrected chi connectivity index (χ1v) is 11.5. The zero-order valence-corrected chi connectivity index (χ0v) is 19.0. The van der Waals surface area contributed by atoms with Gasteiger partial charge in [-0.3, -0.25) is 9.10 Å². The van der Waals surface area contributed by atoms with Crippen LogP contribution in [-0.2, 0) is 10.0 Å². The topological polar surface area (TPSA) is 90.3 Å². The van der Waals surface area contributed by atoms with E-state index in [2.05, 4.69) is 11.9 Å². The van der Waals surface area contributed by atoms with Gasteiger partial charge in [-0.05, 0) is 48.5 Å². The summed E-state index contributed by atoms with van der Waals surface area (Å²) in [6, 6.07) is 18.6. The standard InChI is InChI=1S/C23H17Cl2N3O3S/c1-2-12-28(22-9-4-3-8-20(22)24)32(30,31)19-7-5-6-16(13-19)23(29)27-18-11-10-17(15-26)21(25)14-18/h2-11,13-14H,1,12H2,(H,27,29). The summed E-state index contributed by atoms with van der Waals surface area (Å²) in [6.07, 6.45) is 1.45. The SMILES string of the molecule is C=CCN(c1ccccc1Cl)S(=O)(=O)c1cccc(C(=O)Nc2ccc(C#N)c(Cl)c2)c1. The highest BCUT2D eigenvalue weighted by atomic mass is 35.5. The van der Waals surface area contributed by atoms with Gasteiger partial charge in [0.25, 0.3) is 15.9 Å². The summed E-state index contributed by atoms with van der Waals surface area (Å²) >= 11 is 12.2. The molecule has 3 aromatic rings. The van der Waals surface area contributed by atoms with Gasteiger partial charge in [0.05, 0.1) is 32.7 Å². The third kappa shape index (κ3) is 4.94. The molecule has 1 N–H and O–H groups in total. The van der Waals surface area contributed by atoms with E-state index in [4.69, 9.17) is 28.5 Å². The molecule has 3 aromatic carbocycles. The molecule has 0 aromatic heterocycles. The Balaban J connectivity index is 1.94. The fourth-order valence-electron chi connectivity index (χ4n) is 2.91. The summed E-state index contributed by atoms with van der Waals surface area (Å²) in [5, 5.41) is 12.1. The van der Waals surface area contributed by atoms with Gasteiger partial charge >= 0.3 is 0 Å². The molecule has 0 saturated heterocycles. The Morgan fingerprint density at radius 3 is 2.47 bits per heavy atom. The Kier molecular flexibility index (Phi) is 7.21. The van der Waals surface area contributed by atoms with Crippen molar-refractivity contribution in [2.45, 2.75) is 4.90 Å². The number of hydrogen-bond acceptors (Lipinski definition) is 4. The Morgan fingerprint density at radius 2 is 1.81 bits per heavy atom. The van der Waals surface area contributed by atoms with Gasteiger partial charge < -0.3 is 5.32 Å². The molecule has 9 heteroatoms. The molecule has 3 rings (SSSR count). The van der Waals surface area contributed by atoms with Crippen molar-refractivity contribution in [3.63, 3.8) is 0 Å². The number of halogens is 2. The van der Waals surface area contributed by atoms with Crippen LogP contribution in [0.15, 0.2) is 84.3 Å². The van der Waals surface area contributed by atoms with Crippen molar-refractivity contribution in [1.82, 2.24) is 0 Å². The number of amides is 1. The highest BCUT2D eigenvalue weighted by Crippen LogP contribution is 2.30. The van der Waals surface area contributed by atoms with E-state index in [0.29, 0.717) is 11.4 Å². The van der Waals surface area contributed by atoms with Crippen molar-refractivity contribution >= 4 is 50.5 Å². The van der Waals surface area contributed by atoms with E-state index in [0.717, 1.165) is 4.31 Å². The number of nitriles is 1. The van der Waals surface area contributed by atoms with Crippen molar-refractivity contribution in [3.8, 4) is 6.07 Å². The molecule has 0 heterocycles. The molecule has 1 amide bonds. The van der Waals surface area contributed by atoms with Crippen LogP contribution >= 0.6 is 23.2 Å². The average molecular weight is 486 g/mol. The second-order valence-electron chi connectivity index (χ2n) is 6.56. The summed E-state index contributed by atoms with van der Waals surface area (Å²) < 4.78 is 27.9. The molecule has 0 unspecified atom stereocenters. The lowest BCUT2D eigenvalue weighted by molar-refractivity contribution is 0.102. The van der Waals surface area contributed by atoms with Crippen molar-refractivity contribution in [1.29, 1.82) is 5.26 Å². The molecule has 0 radical (unpaired) electrons. The van der Waals surface area contributed by atoms with Crippen LogP contribution in [0.1, 0.15) is 15.9 Å². The second-order valence-corrected chi connectivity index (χ2v) is 9.24. The zero-order chi connectivity index (χ0) is 23.3. The predicted molar refractivity (Wildman–Crippen MR) is 127 cm³/mol. The summed E-state index contributed by atoms with van der Waals surface area (Å²) in [4.78, 5) is 12.6. The Labute approximate surface area is 196 Å². The van der Waals surface area contributed by atoms with Crippen LogP contribution in [0.4, 0.5) is 11.4 Å². The van der Waals surface area contributed by atoms with Crippen molar-refractivity contribution < 1.29 is 13.2 Å². The number of hydrogen-bond donors (Lipinski definition) is 1. The first-order valence-electron chi connectivity index (χ1n) is 9.27. The smallest absolute Gasteiger partial charge is 0.264 e. The van der Waals surface area contributed by atoms with Gasteiger partial charge in [0.2, 0.25) is 0 Å². The molecular formula is C23H17Cl2N3O3S. The first-order chi connectivity index (χ1) is 15.3. The maximum absolute atomic E-state index is 13.4. The van der Waals surface area contributed by atoms with Crippen LogP contribution in [0.5, 0.6) is 0 Å². The molecule has 32 heavy (non-hydrogen) atoms. The van der Waals surface area contributed by atoms with Gasteiger partial charge in [0.15, 0.2) is 0 Å². The van der Waals surface area contributed by atoms with Gasteiger partial charge in [0, 0.05) is 11.3 Å². The zero-order valence-electron chi connectivity index (χ0n) is 16.6. The minimum Gasteiger partial charge on any atom is -0.322 e. The minimum absolute atomic E-state index is 0.00771. The minimum atomic E-state index is -4.04. The molecule has 0 saturated carbocycles. The molecule has 162 valence electrons. The molecule has 6 nitrogen and oxygen atoms in total. The molecule has 0 aliphatic heterocycles. The van der Waals surface area contributed by atoms with Gasteiger partial charge in [-0.25, -0.2) is 8.42 Å². The van der Waals surface area contributed by atoms with Crippen molar-refractivity contribution in [2.75, 3.05) is 16.2 Å². The van der Waals surface area contributed by atoms with E-state index in [1.165, 1.54) is 48.5 Å². The lowest BCUT2D eigenvalue weighted by atomic mass is 10.2. The van der Waals surface area contributed by atoms with E-state index < -0.39 is 15.9 Å². The number of rotatable bonds is 7. The third-order valence-electron chi connectivity index (χ3n) is 4.45. The normalized spacial score (nSPS) is 10.8. The molecule has 0 aliphatic carbocycles. The summed E-state index contributed by atoms with van der Waals surface area (Å²) in [5.41, 5.74) is 1.08. The first kappa shape index (κ1) is 23.4. The van der Waals surface area contributed by atoms with Gasteiger partial charge in [-0.15, -0.1) is 6.58 Å². The van der Waals surface area contributed by atoms with Crippen LogP contribution in [0.2, 0.25) is 10.0 Å². The Hall–Kier alpha value is -3.31. The lowest BCUT2D eigenvalue weighted by Gasteiger charge is -2.24. The summed E-state index contributed by atoms with van der Waals surface area (Å²) in [7, 11) is -4.04. The van der Waals surface area contributed by atoms with Crippen molar-refractivity contribution in [2.24, 2.45) is 0 Å². The summed E-state index contributed by atoms with van der Waals surface area (Å²) in [5.74, 6) is -0.532. The van der Waals surface area contributed by atoms with Crippen LogP contribution in [0, 0.1) is 11.3 Å². The maximum atomic E-state index is 13.4. The number of sulfonamides is 1. The number of benzene rings is 3. The van der Waals surface area contributed by atoms with Gasteiger partial charge in [-0.2, -0.15) is 5.26 Å². The van der Waals surface area contributed by atoms with E-state index in [9.17, 15) is 13.2 Å². The molecule has 0 atom stereocenters. The molecule has 0 bridgehead atoms. The van der Waals surface area contributed by atoms with Gasteiger partial charge in [0.1, 0.15) is 6.07 Å². The summed E-state index contributed by atoms with van der Waals surface area (Å²) in [6.45, 7) is 3.62. The van der Waals surface area contributed by atoms with E-state index in [-0.39, 0.29) is 32.6 Å². The molecule has 0 aliphatic rings. The van der Waals surface area contributed by atoms with E-state index >= 15 is 0 Å². The van der Waals surface area contributed by atoms with E-state index in [1.54, 1.807) is 24.3 Å². The maximum Gasteiger partial charge on any atom is 0.264 e. The predicted octanol–water partition coefficient (Wildman–Crippen LogP) is 5.50. The van der Waals surface area contributed by atoms with Gasteiger partial charge in [-0.1, -0.05) is 47.5 Å². The average Bonchev–Trinajstić information content (AvgIpc) is 2.78. The van der Waals surface area contributed by atoms with E-state index in [1.807, 2.05) is 6.07 Å². The molecular weight excluding hydrogens is 469 g/mol. The highest BCUT2D eigenvalue weighted by molar-refractivity contribution is 7.92. The number of carbonyl (C=O) groups excluding carboxylic acids is 1. The third-order valence-corrected chi connectivity index (χ3v) is 6.86. The quantitative estimate of drug-likeness (QED) is 0.447. The monoisotopic (exact) mass is 485 g/mol. The Morgan fingerprint density at radius 1 is 1.06 bits per heavy atom. The molecule has 0 fully saturated rings. The van der Waals surface area contributed by atoms with Crippen molar-refractivity contribution in [3.05, 3.63) is 101 Å². The highest BCUT2D eigenvalue weighted by Gasteiger charge is 2.26. The van der Waals surface area contributed by atoms with Crippen LogP contribution < -0.4 is 9.62 Å².